The Balaban J connectivity index is 2.20. The molecule has 2 N–H and O–H groups in total. The second-order valence-corrected chi connectivity index (χ2v) is 4.14. The van der Waals surface area contributed by atoms with E-state index in [4.69, 9.17) is 15.7 Å². The Hall–Kier alpha value is -2.81. The highest BCUT2D eigenvalue weighted by molar-refractivity contribution is 5.87. The summed E-state index contributed by atoms with van der Waals surface area (Å²) in [5.41, 5.74) is 7.22. The van der Waals surface area contributed by atoms with Crippen molar-refractivity contribution in [2.75, 3.05) is 5.73 Å². The predicted molar refractivity (Wildman–Crippen MR) is 73.1 cm³/mol. The van der Waals surface area contributed by atoms with Gasteiger partial charge in [0, 0.05) is 6.20 Å². The number of nitrogens with zero attached hydrogens (tertiary/aromatic N) is 3. The molecular formula is C14H14N4O2. The molecular weight excluding hydrogens is 256 g/mol. The van der Waals surface area contributed by atoms with Crippen LogP contribution in [-0.2, 0) is 4.74 Å². The lowest BCUT2D eigenvalue weighted by Gasteiger charge is -2.07. The molecule has 0 fully saturated rings. The molecule has 1 atom stereocenters. The summed E-state index contributed by atoms with van der Waals surface area (Å²) in [7, 11) is 0. The summed E-state index contributed by atoms with van der Waals surface area (Å²) < 4.78 is 6.51. The fourth-order valence-corrected chi connectivity index (χ4v) is 1.65. The van der Waals surface area contributed by atoms with Crippen LogP contribution in [0.25, 0.3) is 5.69 Å². The van der Waals surface area contributed by atoms with Crippen LogP contribution in [0.3, 0.4) is 0 Å². The van der Waals surface area contributed by atoms with E-state index in [1.54, 1.807) is 25.3 Å². The van der Waals surface area contributed by atoms with Crippen molar-refractivity contribution in [3.05, 3.63) is 42.2 Å². The number of para-hydroxylation sites is 2. The Morgan fingerprint density at radius 3 is 2.90 bits per heavy atom. The summed E-state index contributed by atoms with van der Waals surface area (Å²) in [6.45, 7) is 1.77. The first-order chi connectivity index (χ1) is 9.65. The van der Waals surface area contributed by atoms with E-state index in [0.29, 0.717) is 17.8 Å². The van der Waals surface area contributed by atoms with E-state index in [0.717, 1.165) is 0 Å². The molecule has 6 heteroatoms. The van der Waals surface area contributed by atoms with E-state index in [1.165, 1.54) is 10.7 Å². The first kappa shape index (κ1) is 13.6. The van der Waals surface area contributed by atoms with Crippen LogP contribution in [0.2, 0.25) is 0 Å². The van der Waals surface area contributed by atoms with Crippen molar-refractivity contribution in [1.82, 2.24) is 9.78 Å². The summed E-state index contributed by atoms with van der Waals surface area (Å²) in [4.78, 5) is 11.8. The third-order valence-corrected chi connectivity index (χ3v) is 2.75. The van der Waals surface area contributed by atoms with E-state index in [1.807, 2.05) is 18.2 Å². The number of hydrogen-bond donors (Lipinski definition) is 1. The highest BCUT2D eigenvalue weighted by Gasteiger charge is 2.16. The number of hydrogen-bond acceptors (Lipinski definition) is 5. The van der Waals surface area contributed by atoms with Crippen LogP contribution in [-0.4, -0.2) is 21.9 Å². The van der Waals surface area contributed by atoms with Crippen molar-refractivity contribution in [2.45, 2.75) is 19.4 Å². The zero-order chi connectivity index (χ0) is 14.5. The SMILES string of the molecule is CCC(C#N)OC(=O)c1ccn(-c2ccccc2N)n1. The lowest BCUT2D eigenvalue weighted by molar-refractivity contribution is 0.0393. The number of nitriles is 1. The maximum atomic E-state index is 11.8. The van der Waals surface area contributed by atoms with Crippen LogP contribution in [0.15, 0.2) is 36.5 Å². The standard InChI is InChI=1S/C14H14N4O2/c1-2-10(9-15)20-14(19)12-7-8-18(17-12)13-6-4-3-5-11(13)16/h3-8,10H,2,16H2,1H3. The van der Waals surface area contributed by atoms with Crippen molar-refractivity contribution in [1.29, 1.82) is 5.26 Å². The Morgan fingerprint density at radius 2 is 2.25 bits per heavy atom. The van der Waals surface area contributed by atoms with Gasteiger partial charge in [0.05, 0.1) is 11.4 Å². The minimum absolute atomic E-state index is 0.141. The first-order valence-corrected chi connectivity index (χ1v) is 6.17. The average Bonchev–Trinajstić information content (AvgIpc) is 2.94. The number of nitrogens with two attached hydrogens (primary N) is 1. The van der Waals surface area contributed by atoms with Crippen LogP contribution in [0.1, 0.15) is 23.8 Å². The van der Waals surface area contributed by atoms with Gasteiger partial charge >= 0.3 is 5.97 Å². The molecule has 0 amide bonds. The largest absolute Gasteiger partial charge is 0.442 e. The number of carbonyl (C=O) groups is 1. The van der Waals surface area contributed by atoms with E-state index in [9.17, 15) is 4.79 Å². The van der Waals surface area contributed by atoms with Crippen LogP contribution < -0.4 is 5.73 Å². The number of esters is 1. The highest BCUT2D eigenvalue weighted by atomic mass is 16.5. The molecule has 0 spiro atoms. The number of anilines is 1. The van der Waals surface area contributed by atoms with E-state index >= 15 is 0 Å². The molecule has 0 saturated heterocycles. The lowest BCUT2D eigenvalue weighted by Crippen LogP contribution is -2.16. The molecule has 0 aliphatic heterocycles. The van der Waals surface area contributed by atoms with E-state index < -0.39 is 12.1 Å². The minimum Gasteiger partial charge on any atom is -0.442 e. The quantitative estimate of drug-likeness (QED) is 0.676. The third-order valence-electron chi connectivity index (χ3n) is 2.75. The molecule has 0 saturated carbocycles. The van der Waals surface area contributed by atoms with Crippen molar-refractivity contribution in [2.24, 2.45) is 0 Å². The Kier molecular flexibility index (Phi) is 4.01. The fraction of sp³-hybridized carbons (Fsp3) is 0.214. The van der Waals surface area contributed by atoms with Crippen molar-refractivity contribution < 1.29 is 9.53 Å². The smallest absolute Gasteiger partial charge is 0.360 e. The van der Waals surface area contributed by atoms with Gasteiger partial charge < -0.3 is 10.5 Å². The van der Waals surface area contributed by atoms with Gasteiger partial charge in [-0.3, -0.25) is 0 Å². The average molecular weight is 270 g/mol. The summed E-state index contributed by atoms with van der Waals surface area (Å²) in [5.74, 6) is -0.619. The van der Waals surface area contributed by atoms with E-state index in [2.05, 4.69) is 5.10 Å². The van der Waals surface area contributed by atoms with E-state index in [-0.39, 0.29) is 5.69 Å². The molecule has 1 heterocycles. The summed E-state index contributed by atoms with van der Waals surface area (Å²) in [6.07, 6.45) is 1.30. The van der Waals surface area contributed by atoms with Gasteiger partial charge in [-0.1, -0.05) is 19.1 Å². The third kappa shape index (κ3) is 2.78. The maximum Gasteiger partial charge on any atom is 0.360 e. The summed E-state index contributed by atoms with van der Waals surface area (Å²) in [5, 5.41) is 12.9. The van der Waals surface area contributed by atoms with Gasteiger partial charge in [-0.2, -0.15) is 10.4 Å². The molecule has 1 unspecified atom stereocenters. The molecule has 0 aliphatic carbocycles. The Bertz CT molecular complexity index is 657. The number of carbonyl (C=O) groups excluding carboxylic acids is 1. The van der Waals surface area contributed by atoms with Crippen LogP contribution in [0.4, 0.5) is 5.69 Å². The number of aromatic nitrogens is 2. The molecule has 1 aromatic carbocycles. The van der Waals surface area contributed by atoms with Gasteiger partial charge in [0.25, 0.3) is 0 Å². The van der Waals surface area contributed by atoms with Gasteiger partial charge in [0.15, 0.2) is 11.8 Å². The van der Waals surface area contributed by atoms with Gasteiger partial charge in [-0.05, 0) is 24.6 Å². The predicted octanol–water partition coefficient (Wildman–Crippen LogP) is 1.91. The molecule has 2 aromatic rings. The van der Waals surface area contributed by atoms with Crippen molar-refractivity contribution in [3.63, 3.8) is 0 Å². The van der Waals surface area contributed by atoms with Crippen molar-refractivity contribution >= 4 is 11.7 Å². The van der Waals surface area contributed by atoms with Gasteiger partial charge in [0.2, 0.25) is 0 Å². The van der Waals surface area contributed by atoms with Crippen LogP contribution >= 0.6 is 0 Å². The molecule has 0 bridgehead atoms. The number of nitrogen functional groups attached to an aromatic ring is 1. The number of ether oxygens (including phenoxy) is 1. The summed E-state index contributed by atoms with van der Waals surface area (Å²) in [6, 6.07) is 10.6. The molecule has 0 radical (unpaired) electrons. The zero-order valence-corrected chi connectivity index (χ0v) is 11.0. The van der Waals surface area contributed by atoms with Gasteiger partial charge in [0.1, 0.15) is 6.07 Å². The maximum absolute atomic E-state index is 11.8. The second-order valence-electron chi connectivity index (χ2n) is 4.14. The highest BCUT2D eigenvalue weighted by Crippen LogP contribution is 2.16. The summed E-state index contributed by atoms with van der Waals surface area (Å²) >= 11 is 0. The topological polar surface area (TPSA) is 93.9 Å². The zero-order valence-electron chi connectivity index (χ0n) is 11.0. The first-order valence-electron chi connectivity index (χ1n) is 6.17. The Labute approximate surface area is 116 Å². The number of rotatable bonds is 4. The monoisotopic (exact) mass is 270 g/mol. The fourth-order valence-electron chi connectivity index (χ4n) is 1.65. The Morgan fingerprint density at radius 1 is 1.50 bits per heavy atom. The molecule has 20 heavy (non-hydrogen) atoms. The normalized spacial score (nSPS) is 11.6. The second kappa shape index (κ2) is 5.89. The number of benzene rings is 1. The van der Waals surface area contributed by atoms with Crippen LogP contribution in [0, 0.1) is 11.3 Å². The molecule has 0 aliphatic rings. The lowest BCUT2D eigenvalue weighted by atomic mass is 10.3. The van der Waals surface area contributed by atoms with Crippen LogP contribution in [0.5, 0.6) is 0 Å². The van der Waals surface area contributed by atoms with Gasteiger partial charge in [-0.15, -0.1) is 0 Å². The molecule has 102 valence electrons. The van der Waals surface area contributed by atoms with Gasteiger partial charge in [-0.25, -0.2) is 9.48 Å². The van der Waals surface area contributed by atoms with Crippen molar-refractivity contribution in [3.8, 4) is 11.8 Å². The molecule has 2 rings (SSSR count). The molecule has 6 nitrogen and oxygen atoms in total. The molecule has 1 aromatic heterocycles. The minimum atomic E-state index is -0.755.